The van der Waals surface area contributed by atoms with Gasteiger partial charge in [0.2, 0.25) is 0 Å². The van der Waals surface area contributed by atoms with Crippen molar-refractivity contribution in [2.75, 3.05) is 11.5 Å². The van der Waals surface area contributed by atoms with E-state index in [1.165, 1.54) is 28.5 Å². The van der Waals surface area contributed by atoms with Crippen LogP contribution in [0.1, 0.15) is 16.7 Å². The number of thioether (sulfide) groups is 1. The Balaban J connectivity index is 2.08. The van der Waals surface area contributed by atoms with Gasteiger partial charge in [-0.15, -0.1) is 0 Å². The number of hydrogen-bond acceptors (Lipinski definition) is 5. The molecule has 0 radical (unpaired) electrons. The standard InChI is InChI=1S/C13H16N4S/c1-8-3-4-10(5-9(8)2)7-18-13-16-11(14)6-12(15)17-13/h3-6H,7H2,1-2H3,(H4,14,15,16,17). The Morgan fingerprint density at radius 1 is 1.00 bits per heavy atom. The van der Waals surface area contributed by atoms with Gasteiger partial charge < -0.3 is 11.5 Å². The summed E-state index contributed by atoms with van der Waals surface area (Å²) in [5.74, 6) is 1.62. The molecule has 0 aliphatic heterocycles. The van der Waals surface area contributed by atoms with Crippen molar-refractivity contribution in [2.45, 2.75) is 24.8 Å². The predicted octanol–water partition coefficient (Wildman–Crippen LogP) is 2.55. The summed E-state index contributed by atoms with van der Waals surface area (Å²) in [6.45, 7) is 4.21. The zero-order valence-electron chi connectivity index (χ0n) is 10.5. The van der Waals surface area contributed by atoms with Gasteiger partial charge in [0.25, 0.3) is 0 Å². The van der Waals surface area contributed by atoms with Crippen LogP contribution in [0.25, 0.3) is 0 Å². The third-order valence-corrected chi connectivity index (χ3v) is 3.60. The van der Waals surface area contributed by atoms with Gasteiger partial charge in [0.05, 0.1) is 0 Å². The van der Waals surface area contributed by atoms with Crippen LogP contribution in [0.3, 0.4) is 0 Å². The van der Waals surface area contributed by atoms with Crippen LogP contribution < -0.4 is 11.5 Å². The number of hydrogen-bond donors (Lipinski definition) is 2. The minimum absolute atomic E-state index is 0.407. The molecule has 0 bridgehead atoms. The second-order valence-corrected chi connectivity index (χ2v) is 5.15. The molecule has 5 heteroatoms. The molecule has 1 aromatic carbocycles. The van der Waals surface area contributed by atoms with Gasteiger partial charge in [-0.3, -0.25) is 0 Å². The third kappa shape index (κ3) is 3.13. The Bertz CT molecular complexity index is 549. The van der Waals surface area contributed by atoms with E-state index in [0.29, 0.717) is 16.8 Å². The first kappa shape index (κ1) is 12.7. The molecule has 4 N–H and O–H groups in total. The lowest BCUT2D eigenvalue weighted by atomic mass is 10.1. The van der Waals surface area contributed by atoms with E-state index in [1.807, 2.05) is 0 Å². The van der Waals surface area contributed by atoms with Gasteiger partial charge in [-0.1, -0.05) is 30.0 Å². The van der Waals surface area contributed by atoms with Gasteiger partial charge in [0.1, 0.15) is 11.6 Å². The van der Waals surface area contributed by atoms with Gasteiger partial charge in [-0.25, -0.2) is 9.97 Å². The summed E-state index contributed by atoms with van der Waals surface area (Å²) < 4.78 is 0. The van der Waals surface area contributed by atoms with E-state index in [9.17, 15) is 0 Å². The molecule has 2 rings (SSSR count). The normalized spacial score (nSPS) is 10.6. The molecule has 0 saturated heterocycles. The van der Waals surface area contributed by atoms with Gasteiger partial charge in [0, 0.05) is 11.8 Å². The molecule has 0 aliphatic rings. The van der Waals surface area contributed by atoms with Crippen LogP contribution in [0.2, 0.25) is 0 Å². The Kier molecular flexibility index (Phi) is 3.72. The van der Waals surface area contributed by atoms with E-state index in [0.717, 1.165) is 5.75 Å². The molecular formula is C13H16N4S. The maximum atomic E-state index is 5.63. The number of nitrogens with zero attached hydrogens (tertiary/aromatic N) is 2. The maximum absolute atomic E-state index is 5.63. The van der Waals surface area contributed by atoms with E-state index in [4.69, 9.17) is 11.5 Å². The van der Waals surface area contributed by atoms with Crippen molar-refractivity contribution in [3.05, 3.63) is 41.0 Å². The van der Waals surface area contributed by atoms with E-state index in [2.05, 4.69) is 42.0 Å². The molecule has 0 saturated carbocycles. The van der Waals surface area contributed by atoms with Gasteiger partial charge in [-0.2, -0.15) is 0 Å². The first-order valence-electron chi connectivity index (χ1n) is 5.63. The third-order valence-electron chi connectivity index (χ3n) is 2.68. The van der Waals surface area contributed by atoms with Crippen molar-refractivity contribution in [1.82, 2.24) is 9.97 Å². The van der Waals surface area contributed by atoms with Crippen molar-refractivity contribution >= 4 is 23.4 Å². The molecule has 4 nitrogen and oxygen atoms in total. The second kappa shape index (κ2) is 5.27. The van der Waals surface area contributed by atoms with Crippen molar-refractivity contribution in [3.8, 4) is 0 Å². The monoisotopic (exact) mass is 260 g/mol. The van der Waals surface area contributed by atoms with Gasteiger partial charge in [-0.05, 0) is 30.5 Å². The van der Waals surface area contributed by atoms with Crippen LogP contribution in [-0.2, 0) is 5.75 Å². The largest absolute Gasteiger partial charge is 0.383 e. The Labute approximate surface area is 111 Å². The Morgan fingerprint density at radius 3 is 2.28 bits per heavy atom. The highest BCUT2D eigenvalue weighted by Crippen LogP contribution is 2.22. The lowest BCUT2D eigenvalue weighted by Crippen LogP contribution is -1.99. The van der Waals surface area contributed by atoms with Crippen molar-refractivity contribution in [2.24, 2.45) is 0 Å². The zero-order valence-corrected chi connectivity index (χ0v) is 11.3. The molecular weight excluding hydrogens is 244 g/mol. The summed E-state index contributed by atoms with van der Waals surface area (Å²) in [6, 6.07) is 7.98. The van der Waals surface area contributed by atoms with Crippen LogP contribution in [-0.4, -0.2) is 9.97 Å². The molecule has 1 heterocycles. The predicted molar refractivity (Wildman–Crippen MR) is 76.3 cm³/mol. The average Bonchev–Trinajstić information content (AvgIpc) is 2.29. The first-order chi connectivity index (χ1) is 8.54. The van der Waals surface area contributed by atoms with Crippen LogP contribution in [0.15, 0.2) is 29.4 Å². The first-order valence-corrected chi connectivity index (χ1v) is 6.62. The van der Waals surface area contributed by atoms with Crippen LogP contribution in [0.4, 0.5) is 11.6 Å². The van der Waals surface area contributed by atoms with Crippen molar-refractivity contribution in [3.63, 3.8) is 0 Å². The molecule has 2 aromatic rings. The molecule has 0 atom stereocenters. The van der Waals surface area contributed by atoms with E-state index < -0.39 is 0 Å². The highest BCUT2D eigenvalue weighted by molar-refractivity contribution is 7.98. The topological polar surface area (TPSA) is 77.8 Å². The summed E-state index contributed by atoms with van der Waals surface area (Å²) in [4.78, 5) is 8.28. The van der Waals surface area contributed by atoms with Crippen LogP contribution >= 0.6 is 11.8 Å². The van der Waals surface area contributed by atoms with E-state index in [-0.39, 0.29) is 0 Å². The van der Waals surface area contributed by atoms with Crippen molar-refractivity contribution < 1.29 is 0 Å². The lowest BCUT2D eigenvalue weighted by molar-refractivity contribution is 0.984. The van der Waals surface area contributed by atoms with Crippen molar-refractivity contribution in [1.29, 1.82) is 0 Å². The van der Waals surface area contributed by atoms with Crippen LogP contribution in [0, 0.1) is 13.8 Å². The minimum Gasteiger partial charge on any atom is -0.383 e. The number of nitrogen functional groups attached to an aromatic ring is 2. The number of rotatable bonds is 3. The highest BCUT2D eigenvalue weighted by Gasteiger charge is 2.03. The number of aryl methyl sites for hydroxylation is 2. The smallest absolute Gasteiger partial charge is 0.191 e. The van der Waals surface area contributed by atoms with Gasteiger partial charge >= 0.3 is 0 Å². The summed E-state index contributed by atoms with van der Waals surface area (Å²) in [5, 5.41) is 0.616. The number of anilines is 2. The minimum atomic E-state index is 0.407. The molecule has 0 amide bonds. The molecule has 94 valence electrons. The van der Waals surface area contributed by atoms with E-state index in [1.54, 1.807) is 6.07 Å². The molecule has 1 aromatic heterocycles. The number of aromatic nitrogens is 2. The SMILES string of the molecule is Cc1ccc(CSc2nc(N)cc(N)n2)cc1C. The number of nitrogens with two attached hydrogens (primary N) is 2. The fraction of sp³-hybridized carbons (Fsp3) is 0.231. The van der Waals surface area contributed by atoms with Gasteiger partial charge in [0.15, 0.2) is 5.16 Å². The molecule has 0 aliphatic carbocycles. The summed E-state index contributed by atoms with van der Waals surface area (Å²) in [6.07, 6.45) is 0. The fourth-order valence-corrected chi connectivity index (χ4v) is 2.38. The second-order valence-electron chi connectivity index (χ2n) is 4.21. The van der Waals surface area contributed by atoms with E-state index >= 15 is 0 Å². The van der Waals surface area contributed by atoms with Crippen LogP contribution in [0.5, 0.6) is 0 Å². The quantitative estimate of drug-likeness (QED) is 0.655. The Hall–Kier alpha value is -1.75. The highest BCUT2D eigenvalue weighted by atomic mass is 32.2. The Morgan fingerprint density at radius 2 is 1.67 bits per heavy atom. The molecule has 18 heavy (non-hydrogen) atoms. The maximum Gasteiger partial charge on any atom is 0.191 e. The molecule has 0 fully saturated rings. The molecule has 0 spiro atoms. The summed E-state index contributed by atoms with van der Waals surface area (Å²) in [7, 11) is 0. The lowest BCUT2D eigenvalue weighted by Gasteiger charge is -2.05. The summed E-state index contributed by atoms with van der Waals surface area (Å²) >= 11 is 1.53. The summed E-state index contributed by atoms with van der Waals surface area (Å²) in [5.41, 5.74) is 15.1. The fourth-order valence-electron chi connectivity index (χ4n) is 1.57. The molecule has 0 unspecified atom stereocenters. The number of benzene rings is 1. The zero-order chi connectivity index (χ0) is 13.1. The average molecular weight is 260 g/mol.